The zero-order valence-electron chi connectivity index (χ0n) is 10.8. The molecule has 0 radical (unpaired) electrons. The highest BCUT2D eigenvalue weighted by atomic mass is 19.1. The van der Waals surface area contributed by atoms with Gasteiger partial charge in [-0.2, -0.15) is 0 Å². The molecular weight excluding hydrogens is 265 g/mol. The van der Waals surface area contributed by atoms with Gasteiger partial charge < -0.3 is 11.1 Å². The largest absolute Gasteiger partial charge is 0.330 e. The molecule has 2 unspecified atom stereocenters. The van der Waals surface area contributed by atoms with Gasteiger partial charge in [-0.1, -0.05) is 6.42 Å². The number of non-ortho nitro benzene ring substituents is 1. The van der Waals surface area contributed by atoms with Gasteiger partial charge in [0.15, 0.2) is 5.82 Å². The molecule has 0 aromatic heterocycles. The van der Waals surface area contributed by atoms with Crippen LogP contribution in [0, 0.1) is 27.8 Å². The third-order valence-electron chi connectivity index (χ3n) is 3.72. The highest BCUT2D eigenvalue weighted by Gasteiger charge is 2.32. The number of anilines is 1. The minimum Gasteiger partial charge on any atom is -0.330 e. The Balaban J connectivity index is 2.10. The zero-order chi connectivity index (χ0) is 14.7. The van der Waals surface area contributed by atoms with Crippen LogP contribution in [0.3, 0.4) is 0 Å². The van der Waals surface area contributed by atoms with E-state index < -0.39 is 10.7 Å². The average Bonchev–Trinajstić information content (AvgIpc) is 2.89. The van der Waals surface area contributed by atoms with Crippen molar-refractivity contribution in [2.24, 2.45) is 17.6 Å². The number of nitro benzene ring substituents is 1. The summed E-state index contributed by atoms with van der Waals surface area (Å²) < 4.78 is 13.7. The number of hydrogen-bond acceptors (Lipinski definition) is 4. The van der Waals surface area contributed by atoms with Crippen LogP contribution in [0.5, 0.6) is 0 Å². The van der Waals surface area contributed by atoms with Crippen LogP contribution in [0.4, 0.5) is 15.8 Å². The smallest absolute Gasteiger partial charge is 0.272 e. The average molecular weight is 281 g/mol. The molecule has 0 spiro atoms. The molecule has 20 heavy (non-hydrogen) atoms. The molecule has 1 amide bonds. The summed E-state index contributed by atoms with van der Waals surface area (Å²) >= 11 is 0. The maximum Gasteiger partial charge on any atom is 0.272 e. The van der Waals surface area contributed by atoms with Gasteiger partial charge in [-0.15, -0.1) is 0 Å². The molecule has 1 aliphatic carbocycles. The number of carbonyl (C=O) groups excluding carboxylic acids is 1. The molecule has 108 valence electrons. The van der Waals surface area contributed by atoms with Gasteiger partial charge in [0.1, 0.15) is 0 Å². The number of amides is 1. The molecule has 6 nitrogen and oxygen atoms in total. The molecule has 7 heteroatoms. The number of rotatable bonds is 4. The van der Waals surface area contributed by atoms with Crippen molar-refractivity contribution in [3.63, 3.8) is 0 Å². The van der Waals surface area contributed by atoms with Crippen molar-refractivity contribution in [1.29, 1.82) is 0 Å². The van der Waals surface area contributed by atoms with E-state index in [-0.39, 0.29) is 29.1 Å². The van der Waals surface area contributed by atoms with Gasteiger partial charge in [-0.05, 0) is 31.4 Å². The third kappa shape index (κ3) is 2.93. The Morgan fingerprint density at radius 2 is 2.25 bits per heavy atom. The molecule has 3 N–H and O–H groups in total. The topological polar surface area (TPSA) is 98.3 Å². The van der Waals surface area contributed by atoms with Gasteiger partial charge in [0.05, 0.1) is 16.7 Å². The van der Waals surface area contributed by atoms with Crippen molar-refractivity contribution in [3.05, 3.63) is 34.1 Å². The molecule has 2 atom stereocenters. The highest BCUT2D eigenvalue weighted by molar-refractivity contribution is 5.93. The van der Waals surface area contributed by atoms with Crippen LogP contribution in [0.15, 0.2) is 18.2 Å². The lowest BCUT2D eigenvalue weighted by Gasteiger charge is -2.17. The van der Waals surface area contributed by atoms with Crippen LogP contribution in [-0.4, -0.2) is 17.4 Å². The van der Waals surface area contributed by atoms with Crippen molar-refractivity contribution >= 4 is 17.3 Å². The van der Waals surface area contributed by atoms with E-state index in [9.17, 15) is 19.3 Å². The first-order valence-electron chi connectivity index (χ1n) is 6.47. The second-order valence-corrected chi connectivity index (χ2v) is 4.94. The molecule has 1 saturated carbocycles. The minimum atomic E-state index is -0.810. The molecule has 0 bridgehead atoms. The first kappa shape index (κ1) is 14.4. The number of nitrogens with two attached hydrogens (primary N) is 1. The fraction of sp³-hybridized carbons (Fsp3) is 0.462. The maximum atomic E-state index is 13.7. The Morgan fingerprint density at radius 3 is 2.85 bits per heavy atom. The minimum absolute atomic E-state index is 0.0386. The number of nitrogens with one attached hydrogen (secondary N) is 1. The van der Waals surface area contributed by atoms with E-state index in [1.165, 1.54) is 6.07 Å². The number of benzene rings is 1. The number of carbonyl (C=O) groups is 1. The summed E-state index contributed by atoms with van der Waals surface area (Å²) in [6.07, 6.45) is 2.57. The number of hydrogen-bond donors (Lipinski definition) is 2. The van der Waals surface area contributed by atoms with Crippen molar-refractivity contribution < 1.29 is 14.1 Å². The van der Waals surface area contributed by atoms with Crippen molar-refractivity contribution in [2.75, 3.05) is 11.9 Å². The van der Waals surface area contributed by atoms with Gasteiger partial charge in [-0.3, -0.25) is 14.9 Å². The van der Waals surface area contributed by atoms with E-state index in [4.69, 9.17) is 5.73 Å². The SMILES string of the molecule is NCC1CCCC1C(=O)Nc1ccc([N+](=O)[O-])cc1F. The first-order chi connectivity index (χ1) is 9.52. The fourth-order valence-corrected chi connectivity index (χ4v) is 2.61. The molecule has 0 saturated heterocycles. The van der Waals surface area contributed by atoms with Gasteiger partial charge in [0, 0.05) is 12.0 Å². The molecule has 1 fully saturated rings. The van der Waals surface area contributed by atoms with Crippen molar-refractivity contribution in [3.8, 4) is 0 Å². The monoisotopic (exact) mass is 281 g/mol. The summed E-state index contributed by atoms with van der Waals surface area (Å²) in [6.45, 7) is 0.431. The molecule has 1 aliphatic rings. The normalized spacial score (nSPS) is 21.7. The van der Waals surface area contributed by atoms with Crippen LogP contribution < -0.4 is 11.1 Å². The number of nitrogens with zero attached hydrogens (tertiary/aromatic N) is 1. The standard InChI is InChI=1S/C13H16FN3O3/c14-11-6-9(17(19)20)4-5-12(11)16-13(18)10-3-1-2-8(10)7-15/h4-6,8,10H,1-3,7,15H2,(H,16,18). The zero-order valence-corrected chi connectivity index (χ0v) is 10.8. The highest BCUT2D eigenvalue weighted by Crippen LogP contribution is 2.32. The summed E-state index contributed by atoms with van der Waals surface area (Å²) in [5.41, 5.74) is 5.22. The molecule has 2 rings (SSSR count). The van der Waals surface area contributed by atoms with E-state index in [1.54, 1.807) is 0 Å². The van der Waals surface area contributed by atoms with E-state index in [0.29, 0.717) is 6.54 Å². The summed E-state index contributed by atoms with van der Waals surface area (Å²) in [4.78, 5) is 21.9. The lowest BCUT2D eigenvalue weighted by Crippen LogP contribution is -2.30. The molecule has 1 aromatic rings. The quantitative estimate of drug-likeness (QED) is 0.651. The van der Waals surface area contributed by atoms with Crippen LogP contribution in [-0.2, 0) is 4.79 Å². The Hall–Kier alpha value is -2.02. The Morgan fingerprint density at radius 1 is 1.50 bits per heavy atom. The molecular formula is C13H16FN3O3. The summed E-state index contributed by atoms with van der Waals surface area (Å²) in [7, 11) is 0. The van der Waals surface area contributed by atoms with Crippen LogP contribution in [0.2, 0.25) is 0 Å². The lowest BCUT2D eigenvalue weighted by molar-refractivity contribution is -0.385. The molecule has 0 aliphatic heterocycles. The molecule has 1 aromatic carbocycles. The van der Waals surface area contributed by atoms with Gasteiger partial charge in [-0.25, -0.2) is 4.39 Å². The van der Waals surface area contributed by atoms with E-state index in [2.05, 4.69) is 5.32 Å². The summed E-state index contributed by atoms with van der Waals surface area (Å²) in [6, 6.07) is 3.16. The van der Waals surface area contributed by atoms with Crippen LogP contribution in [0.1, 0.15) is 19.3 Å². The van der Waals surface area contributed by atoms with Gasteiger partial charge in [0.2, 0.25) is 5.91 Å². The summed E-state index contributed by atoms with van der Waals surface area (Å²) in [5.74, 6) is -1.17. The van der Waals surface area contributed by atoms with Gasteiger partial charge in [0.25, 0.3) is 5.69 Å². The second kappa shape index (κ2) is 5.96. The Kier molecular flexibility index (Phi) is 4.29. The molecule has 0 heterocycles. The second-order valence-electron chi connectivity index (χ2n) is 4.94. The first-order valence-corrected chi connectivity index (χ1v) is 6.47. The van der Waals surface area contributed by atoms with Crippen LogP contribution in [0.25, 0.3) is 0 Å². The fourth-order valence-electron chi connectivity index (χ4n) is 2.61. The summed E-state index contributed by atoms with van der Waals surface area (Å²) in [5, 5.41) is 13.0. The van der Waals surface area contributed by atoms with E-state index in [0.717, 1.165) is 31.4 Å². The predicted octanol–water partition coefficient (Wildman–Crippen LogP) is 2.05. The number of nitro groups is 1. The number of halogens is 1. The Bertz CT molecular complexity index is 536. The lowest BCUT2D eigenvalue weighted by atomic mass is 9.95. The maximum absolute atomic E-state index is 13.7. The Labute approximate surface area is 115 Å². The van der Waals surface area contributed by atoms with E-state index >= 15 is 0 Å². The van der Waals surface area contributed by atoms with Crippen LogP contribution >= 0.6 is 0 Å². The van der Waals surface area contributed by atoms with Crippen molar-refractivity contribution in [2.45, 2.75) is 19.3 Å². The van der Waals surface area contributed by atoms with Gasteiger partial charge >= 0.3 is 0 Å². The third-order valence-corrected chi connectivity index (χ3v) is 3.72. The van der Waals surface area contributed by atoms with Crippen molar-refractivity contribution in [1.82, 2.24) is 0 Å². The predicted molar refractivity (Wildman–Crippen MR) is 71.6 cm³/mol. The van der Waals surface area contributed by atoms with E-state index in [1.807, 2.05) is 0 Å².